The highest BCUT2D eigenvalue weighted by atomic mass is 32.1. The maximum atomic E-state index is 12.4. The third-order valence-electron chi connectivity index (χ3n) is 3.94. The average molecular weight is 320 g/mol. The highest BCUT2D eigenvalue weighted by molar-refractivity contribution is 7.08. The van der Waals surface area contributed by atoms with Crippen molar-refractivity contribution in [3.8, 4) is 0 Å². The Morgan fingerprint density at radius 3 is 3.05 bits per heavy atom. The number of hydrogen-bond donors (Lipinski definition) is 1. The molecule has 0 bridgehead atoms. The molecule has 1 atom stereocenters. The van der Waals surface area contributed by atoms with Gasteiger partial charge in [0.05, 0.1) is 5.69 Å². The fraction of sp³-hybridized carbons (Fsp3) is 0.533. The van der Waals surface area contributed by atoms with Crippen molar-refractivity contribution in [1.82, 2.24) is 15.0 Å². The molecule has 22 heavy (non-hydrogen) atoms. The lowest BCUT2D eigenvalue weighted by Crippen LogP contribution is -2.42. The summed E-state index contributed by atoms with van der Waals surface area (Å²) in [4.78, 5) is 18.5. The number of urea groups is 1. The minimum atomic E-state index is -0.0205. The normalized spacial score (nSPS) is 18.5. The van der Waals surface area contributed by atoms with Crippen molar-refractivity contribution in [3.63, 3.8) is 0 Å². The summed E-state index contributed by atoms with van der Waals surface area (Å²) in [6.07, 6.45) is 2.83. The second kappa shape index (κ2) is 6.48. The van der Waals surface area contributed by atoms with Crippen LogP contribution in [0.25, 0.3) is 0 Å². The quantitative estimate of drug-likeness (QED) is 0.942. The minimum absolute atomic E-state index is 0.0205. The fourth-order valence-corrected chi connectivity index (χ4v) is 3.55. The van der Waals surface area contributed by atoms with Crippen LogP contribution in [0.3, 0.4) is 0 Å². The standard InChI is InChI=1S/C15H20N4O2S/c1-10-8-22-9-13(10)17-15(20)19-5-3-4-12(7-19)6-14-16-11(2)18-21-14/h8-9,12H,3-7H2,1-2H3,(H,17,20). The molecule has 1 aliphatic rings. The number of hydrogen-bond acceptors (Lipinski definition) is 5. The fourth-order valence-electron chi connectivity index (χ4n) is 2.77. The molecule has 0 spiro atoms. The maximum absolute atomic E-state index is 12.4. The number of likely N-dealkylation sites (tertiary alicyclic amines) is 1. The first kappa shape index (κ1) is 15.0. The Morgan fingerprint density at radius 1 is 1.50 bits per heavy atom. The van der Waals surface area contributed by atoms with Gasteiger partial charge in [-0.15, -0.1) is 11.3 Å². The zero-order valence-corrected chi connectivity index (χ0v) is 13.7. The molecule has 2 amide bonds. The number of aryl methyl sites for hydroxylation is 2. The number of thiophene rings is 1. The first-order chi connectivity index (χ1) is 10.6. The van der Waals surface area contributed by atoms with E-state index in [2.05, 4.69) is 15.5 Å². The molecule has 118 valence electrons. The van der Waals surface area contributed by atoms with Crippen molar-refractivity contribution in [2.24, 2.45) is 5.92 Å². The molecule has 0 saturated carbocycles. The predicted octanol–water partition coefficient (Wildman–Crippen LogP) is 3.23. The molecule has 1 fully saturated rings. The van der Waals surface area contributed by atoms with Crippen LogP contribution in [0.15, 0.2) is 15.3 Å². The molecule has 0 aliphatic carbocycles. The average Bonchev–Trinajstić information content (AvgIpc) is 3.08. The van der Waals surface area contributed by atoms with Crippen LogP contribution in [0.4, 0.5) is 10.5 Å². The highest BCUT2D eigenvalue weighted by Gasteiger charge is 2.25. The van der Waals surface area contributed by atoms with Gasteiger partial charge in [0.2, 0.25) is 5.89 Å². The molecule has 2 aromatic heterocycles. The number of carbonyl (C=O) groups is 1. The van der Waals surface area contributed by atoms with Crippen LogP contribution in [0.2, 0.25) is 0 Å². The lowest BCUT2D eigenvalue weighted by molar-refractivity contribution is 0.173. The van der Waals surface area contributed by atoms with E-state index < -0.39 is 0 Å². The maximum Gasteiger partial charge on any atom is 0.321 e. The van der Waals surface area contributed by atoms with E-state index in [1.807, 2.05) is 29.5 Å². The van der Waals surface area contributed by atoms with Gasteiger partial charge in [0.1, 0.15) is 0 Å². The van der Waals surface area contributed by atoms with Crippen LogP contribution in [-0.4, -0.2) is 34.2 Å². The number of rotatable bonds is 3. The summed E-state index contributed by atoms with van der Waals surface area (Å²) < 4.78 is 5.18. The van der Waals surface area contributed by atoms with Crippen LogP contribution < -0.4 is 5.32 Å². The Balaban J connectivity index is 1.58. The highest BCUT2D eigenvalue weighted by Crippen LogP contribution is 2.23. The number of amides is 2. The van der Waals surface area contributed by atoms with E-state index in [0.29, 0.717) is 17.6 Å². The summed E-state index contributed by atoms with van der Waals surface area (Å²) in [5, 5.41) is 10.8. The summed E-state index contributed by atoms with van der Waals surface area (Å²) >= 11 is 1.60. The predicted molar refractivity (Wildman–Crippen MR) is 85.1 cm³/mol. The number of anilines is 1. The molecular formula is C15H20N4O2S. The third-order valence-corrected chi connectivity index (χ3v) is 4.80. The van der Waals surface area contributed by atoms with E-state index in [9.17, 15) is 4.79 Å². The smallest absolute Gasteiger partial charge is 0.321 e. The zero-order chi connectivity index (χ0) is 15.5. The van der Waals surface area contributed by atoms with Gasteiger partial charge in [-0.05, 0) is 43.6 Å². The summed E-state index contributed by atoms with van der Waals surface area (Å²) in [6.45, 7) is 5.35. The minimum Gasteiger partial charge on any atom is -0.339 e. The van der Waals surface area contributed by atoms with Gasteiger partial charge in [-0.1, -0.05) is 5.16 Å². The molecule has 7 heteroatoms. The zero-order valence-electron chi connectivity index (χ0n) is 12.8. The molecule has 0 aromatic carbocycles. The van der Waals surface area contributed by atoms with Crippen molar-refractivity contribution in [1.29, 1.82) is 0 Å². The van der Waals surface area contributed by atoms with E-state index in [1.54, 1.807) is 11.3 Å². The molecular weight excluding hydrogens is 300 g/mol. The SMILES string of the molecule is Cc1noc(CC2CCCN(C(=O)Nc3cscc3C)C2)n1. The van der Waals surface area contributed by atoms with Crippen molar-refractivity contribution < 1.29 is 9.32 Å². The van der Waals surface area contributed by atoms with E-state index in [-0.39, 0.29) is 6.03 Å². The van der Waals surface area contributed by atoms with E-state index >= 15 is 0 Å². The van der Waals surface area contributed by atoms with Gasteiger partial charge in [0, 0.05) is 24.9 Å². The van der Waals surface area contributed by atoms with Gasteiger partial charge in [0.25, 0.3) is 0 Å². The van der Waals surface area contributed by atoms with Crippen LogP contribution in [0, 0.1) is 19.8 Å². The third kappa shape index (κ3) is 3.47. The Bertz CT molecular complexity index is 652. The number of nitrogens with one attached hydrogen (secondary N) is 1. The molecule has 1 saturated heterocycles. The lowest BCUT2D eigenvalue weighted by atomic mass is 9.95. The molecule has 2 aromatic rings. The molecule has 0 radical (unpaired) electrons. The van der Waals surface area contributed by atoms with E-state index in [4.69, 9.17) is 4.52 Å². The monoisotopic (exact) mass is 320 g/mol. The lowest BCUT2D eigenvalue weighted by Gasteiger charge is -2.32. The van der Waals surface area contributed by atoms with Crippen LogP contribution >= 0.6 is 11.3 Å². The first-order valence-corrected chi connectivity index (χ1v) is 8.44. The molecule has 1 unspecified atom stereocenters. The van der Waals surface area contributed by atoms with Crippen LogP contribution in [0.5, 0.6) is 0 Å². The van der Waals surface area contributed by atoms with Gasteiger partial charge in [-0.3, -0.25) is 0 Å². The Morgan fingerprint density at radius 2 is 2.36 bits per heavy atom. The summed E-state index contributed by atoms with van der Waals surface area (Å²) in [5.41, 5.74) is 2.01. The molecule has 3 rings (SSSR count). The number of carbonyl (C=O) groups excluding carboxylic acids is 1. The summed E-state index contributed by atoms with van der Waals surface area (Å²) in [5.74, 6) is 1.70. The Kier molecular flexibility index (Phi) is 4.42. The Labute approximate surface area is 133 Å². The summed E-state index contributed by atoms with van der Waals surface area (Å²) in [7, 11) is 0. The molecule has 6 nitrogen and oxygen atoms in total. The molecule has 1 aliphatic heterocycles. The van der Waals surface area contributed by atoms with Crippen LogP contribution in [0.1, 0.15) is 30.1 Å². The van der Waals surface area contributed by atoms with Gasteiger partial charge in [-0.25, -0.2) is 4.79 Å². The second-order valence-corrected chi connectivity index (χ2v) is 6.54. The number of aromatic nitrogens is 2. The van der Waals surface area contributed by atoms with Crippen LogP contribution in [-0.2, 0) is 6.42 Å². The number of nitrogens with zero attached hydrogens (tertiary/aromatic N) is 3. The first-order valence-electron chi connectivity index (χ1n) is 7.49. The molecule has 3 heterocycles. The van der Waals surface area contributed by atoms with Crippen molar-refractivity contribution >= 4 is 23.1 Å². The van der Waals surface area contributed by atoms with E-state index in [0.717, 1.165) is 43.6 Å². The van der Waals surface area contributed by atoms with Crippen molar-refractivity contribution in [2.75, 3.05) is 18.4 Å². The topological polar surface area (TPSA) is 71.3 Å². The largest absolute Gasteiger partial charge is 0.339 e. The van der Waals surface area contributed by atoms with Gasteiger partial charge >= 0.3 is 6.03 Å². The Hall–Kier alpha value is -1.89. The van der Waals surface area contributed by atoms with Crippen molar-refractivity contribution in [3.05, 3.63) is 28.0 Å². The van der Waals surface area contributed by atoms with Gasteiger partial charge < -0.3 is 14.7 Å². The second-order valence-electron chi connectivity index (χ2n) is 5.79. The van der Waals surface area contributed by atoms with Gasteiger partial charge in [-0.2, -0.15) is 4.98 Å². The van der Waals surface area contributed by atoms with E-state index in [1.165, 1.54) is 0 Å². The van der Waals surface area contributed by atoms with Gasteiger partial charge in [0.15, 0.2) is 5.82 Å². The summed E-state index contributed by atoms with van der Waals surface area (Å²) in [6, 6.07) is -0.0205. The molecule has 1 N–H and O–H groups in total. The number of piperidine rings is 1. The van der Waals surface area contributed by atoms with Crippen molar-refractivity contribution in [2.45, 2.75) is 33.1 Å².